The number of anilines is 2. The van der Waals surface area contributed by atoms with Gasteiger partial charge in [0, 0.05) is 31.5 Å². The van der Waals surface area contributed by atoms with Crippen LogP contribution in [-0.4, -0.2) is 56.2 Å². The lowest BCUT2D eigenvalue weighted by Crippen LogP contribution is -2.48. The van der Waals surface area contributed by atoms with Gasteiger partial charge in [0.15, 0.2) is 5.82 Å². The first-order valence-electron chi connectivity index (χ1n) is 15.6. The highest BCUT2D eigenvalue weighted by atomic mass is 19.4. The second-order valence-electron chi connectivity index (χ2n) is 11.8. The number of hydrogen-bond donors (Lipinski definition) is 2. The molecular formula is C34H41F3N6O4. The monoisotopic (exact) mass is 654 g/mol. The molecule has 1 aliphatic rings. The molecule has 0 radical (unpaired) electrons. The Morgan fingerprint density at radius 1 is 1.04 bits per heavy atom. The highest BCUT2D eigenvalue weighted by Crippen LogP contribution is 2.34. The van der Waals surface area contributed by atoms with E-state index in [4.69, 9.17) is 9.47 Å². The van der Waals surface area contributed by atoms with Crippen LogP contribution in [0, 0.1) is 6.92 Å². The third kappa shape index (κ3) is 8.93. The summed E-state index contributed by atoms with van der Waals surface area (Å²) in [6.45, 7) is 12.4. The summed E-state index contributed by atoms with van der Waals surface area (Å²) in [4.78, 5) is 35.9. The lowest BCUT2D eigenvalue weighted by atomic mass is 10.2. The summed E-state index contributed by atoms with van der Waals surface area (Å²) in [6.07, 6.45) is -0.356. The van der Waals surface area contributed by atoms with Crippen LogP contribution < -0.4 is 15.4 Å². The molecule has 2 aromatic heterocycles. The van der Waals surface area contributed by atoms with Crippen molar-refractivity contribution in [1.82, 2.24) is 24.8 Å². The Hall–Kier alpha value is -4.81. The smallest absolute Gasteiger partial charge is 0.416 e. The Kier molecular flexibility index (Phi) is 11.0. The second kappa shape index (κ2) is 14.7. The molecule has 0 spiro atoms. The number of fused-ring (bicyclic) bond motifs is 1. The van der Waals surface area contributed by atoms with E-state index >= 15 is 0 Å². The molecule has 13 heteroatoms. The van der Waals surface area contributed by atoms with Crippen molar-refractivity contribution in [2.75, 3.05) is 18.4 Å². The number of nitrogens with one attached hydrogen (secondary N) is 2. The number of carbonyl (C=O) groups excluding carboxylic acids is 2. The molecule has 2 amide bonds. The van der Waals surface area contributed by atoms with Crippen LogP contribution in [0.2, 0.25) is 0 Å². The summed E-state index contributed by atoms with van der Waals surface area (Å²) in [6, 6.07) is 11.2. The topological polar surface area (TPSA) is 111 Å². The molecule has 1 saturated heterocycles. The second-order valence-corrected chi connectivity index (χ2v) is 11.8. The summed E-state index contributed by atoms with van der Waals surface area (Å²) >= 11 is 0. The van der Waals surface area contributed by atoms with Crippen LogP contribution >= 0.6 is 0 Å². The molecule has 47 heavy (non-hydrogen) atoms. The molecule has 0 saturated carbocycles. The Balaban J connectivity index is 0.00000245. The summed E-state index contributed by atoms with van der Waals surface area (Å²) in [7, 11) is 0. The predicted octanol–water partition coefficient (Wildman–Crippen LogP) is 7.84. The fourth-order valence-electron chi connectivity index (χ4n) is 5.15. The van der Waals surface area contributed by atoms with Crippen molar-refractivity contribution < 1.29 is 32.2 Å². The number of rotatable bonds is 8. The van der Waals surface area contributed by atoms with Gasteiger partial charge in [0.2, 0.25) is 5.91 Å². The van der Waals surface area contributed by atoms with Crippen molar-refractivity contribution in [3.63, 3.8) is 0 Å². The average Bonchev–Trinajstić information content (AvgIpc) is 3.67. The summed E-state index contributed by atoms with van der Waals surface area (Å²) in [5, 5.41) is 6.24. The summed E-state index contributed by atoms with van der Waals surface area (Å²) in [5.74, 6) is 0.808. The van der Waals surface area contributed by atoms with Gasteiger partial charge in [-0.15, -0.1) is 0 Å². The number of ether oxygens (including phenoxy) is 2. The molecule has 5 rings (SSSR count). The van der Waals surface area contributed by atoms with Crippen molar-refractivity contribution >= 4 is 34.5 Å². The maximum atomic E-state index is 13.1. The largest absolute Gasteiger partial charge is 0.457 e. The quantitative estimate of drug-likeness (QED) is 0.199. The number of aromatic nitrogens is 3. The predicted molar refractivity (Wildman–Crippen MR) is 174 cm³/mol. The number of hydrogen-bond acceptors (Lipinski definition) is 7. The van der Waals surface area contributed by atoms with E-state index in [0.717, 1.165) is 24.1 Å². The molecule has 0 aliphatic carbocycles. The van der Waals surface area contributed by atoms with Crippen LogP contribution in [0.25, 0.3) is 11.0 Å². The first kappa shape index (κ1) is 35.1. The molecule has 1 fully saturated rings. The zero-order chi connectivity index (χ0) is 34.4. The lowest BCUT2D eigenvalue weighted by molar-refractivity contribution is -0.137. The van der Waals surface area contributed by atoms with E-state index < -0.39 is 29.5 Å². The maximum Gasteiger partial charge on any atom is 0.416 e. The molecule has 0 bridgehead atoms. The van der Waals surface area contributed by atoms with Gasteiger partial charge < -0.3 is 24.7 Å². The fourth-order valence-corrected chi connectivity index (χ4v) is 5.15. The molecule has 1 unspecified atom stereocenters. The van der Waals surface area contributed by atoms with E-state index in [1.54, 1.807) is 39.8 Å². The van der Waals surface area contributed by atoms with Crippen LogP contribution in [0.5, 0.6) is 11.5 Å². The van der Waals surface area contributed by atoms with E-state index in [0.29, 0.717) is 54.4 Å². The molecule has 4 aromatic rings. The molecule has 1 atom stereocenters. The van der Waals surface area contributed by atoms with Crippen LogP contribution in [-0.2, 0) is 22.3 Å². The number of nitrogens with zero attached hydrogens (tertiary/aromatic N) is 4. The van der Waals surface area contributed by atoms with Crippen molar-refractivity contribution in [1.29, 1.82) is 0 Å². The number of carbonyl (C=O) groups is 2. The van der Waals surface area contributed by atoms with Gasteiger partial charge in [0.1, 0.15) is 35.0 Å². The zero-order valence-electron chi connectivity index (χ0n) is 27.4. The molecular weight excluding hydrogens is 613 g/mol. The standard InChI is InChI=1S/C32H35F3N6O4.C2H6/c1-20-17-22(10-11-26(20)44-23-8-5-7-21(18-23)32(33,34)35)39-28-27-24(37-19-38-28)12-15-40(27)16-13-36-29(42)25-9-6-14-41(25)30(43)45-31(2,3)4;1-2/h5,7-8,10-12,15,17-19,25H,6,9,13-14,16H2,1-4H3,(H,36,42)(H,37,38,39);1-2H3. The first-order valence-corrected chi connectivity index (χ1v) is 15.6. The van der Waals surface area contributed by atoms with E-state index in [9.17, 15) is 22.8 Å². The van der Waals surface area contributed by atoms with Gasteiger partial charge in [-0.2, -0.15) is 13.2 Å². The van der Waals surface area contributed by atoms with Gasteiger partial charge in [-0.25, -0.2) is 14.8 Å². The number of likely N-dealkylation sites (tertiary alicyclic amines) is 1. The van der Waals surface area contributed by atoms with Crippen molar-refractivity contribution in [2.45, 2.75) is 78.7 Å². The van der Waals surface area contributed by atoms with Crippen molar-refractivity contribution in [3.05, 3.63) is 72.2 Å². The van der Waals surface area contributed by atoms with Crippen molar-refractivity contribution in [2.24, 2.45) is 0 Å². The SMILES string of the molecule is CC.Cc1cc(Nc2ncnc3ccn(CCNC(=O)C4CCCN4C(=O)OC(C)(C)C)c23)ccc1Oc1cccc(C(F)(F)F)c1. The molecule has 2 aromatic carbocycles. The van der Waals surface area contributed by atoms with Crippen LogP contribution in [0.4, 0.5) is 29.5 Å². The van der Waals surface area contributed by atoms with Crippen LogP contribution in [0.1, 0.15) is 58.6 Å². The van der Waals surface area contributed by atoms with Gasteiger partial charge in [-0.3, -0.25) is 9.69 Å². The molecule has 2 N–H and O–H groups in total. The van der Waals surface area contributed by atoms with Gasteiger partial charge in [0.25, 0.3) is 0 Å². The third-order valence-electron chi connectivity index (χ3n) is 7.21. The highest BCUT2D eigenvalue weighted by molar-refractivity contribution is 5.88. The van der Waals surface area contributed by atoms with Crippen LogP contribution in [0.3, 0.4) is 0 Å². The average molecular weight is 655 g/mol. The Labute approximate surface area is 272 Å². The number of alkyl halides is 3. The van der Waals surface area contributed by atoms with Gasteiger partial charge in [-0.1, -0.05) is 19.9 Å². The summed E-state index contributed by atoms with van der Waals surface area (Å²) < 4.78 is 52.5. The van der Waals surface area contributed by atoms with Crippen LogP contribution in [0.15, 0.2) is 61.1 Å². The minimum atomic E-state index is -4.47. The lowest BCUT2D eigenvalue weighted by Gasteiger charge is -2.28. The number of amides is 2. The van der Waals surface area contributed by atoms with E-state index in [-0.39, 0.29) is 11.7 Å². The maximum absolute atomic E-state index is 13.1. The number of benzene rings is 2. The minimum Gasteiger partial charge on any atom is -0.457 e. The van der Waals surface area contributed by atoms with Gasteiger partial charge >= 0.3 is 12.3 Å². The Morgan fingerprint density at radius 3 is 2.51 bits per heavy atom. The highest BCUT2D eigenvalue weighted by Gasteiger charge is 2.36. The Morgan fingerprint density at radius 2 is 1.81 bits per heavy atom. The zero-order valence-corrected chi connectivity index (χ0v) is 27.4. The third-order valence-corrected chi connectivity index (χ3v) is 7.21. The normalized spacial score (nSPS) is 14.7. The fraction of sp³-hybridized carbons (Fsp3) is 0.412. The minimum absolute atomic E-state index is 0.0848. The Bertz CT molecular complexity index is 1700. The van der Waals surface area contributed by atoms with Gasteiger partial charge in [0.05, 0.1) is 11.1 Å². The van der Waals surface area contributed by atoms with E-state index in [2.05, 4.69) is 20.6 Å². The number of aryl methyl sites for hydroxylation is 1. The van der Waals surface area contributed by atoms with E-state index in [1.807, 2.05) is 36.7 Å². The van der Waals surface area contributed by atoms with E-state index in [1.165, 1.54) is 23.4 Å². The molecule has 3 heterocycles. The molecule has 10 nitrogen and oxygen atoms in total. The van der Waals surface area contributed by atoms with Gasteiger partial charge in [-0.05, 0) is 88.6 Å². The molecule has 1 aliphatic heterocycles. The molecule has 252 valence electrons. The van der Waals surface area contributed by atoms with Crippen molar-refractivity contribution in [3.8, 4) is 11.5 Å². The summed E-state index contributed by atoms with van der Waals surface area (Å²) in [5.41, 5.74) is 1.39. The first-order chi connectivity index (χ1) is 22.3. The number of halogens is 3.